The molecular formula is C24H25N5O2. The van der Waals surface area contributed by atoms with E-state index < -0.39 is 0 Å². The summed E-state index contributed by atoms with van der Waals surface area (Å²) in [5.74, 6) is 1.43. The molecular weight excluding hydrogens is 390 g/mol. The molecule has 0 spiro atoms. The maximum Gasteiger partial charge on any atom is 0.149 e. The molecule has 7 nitrogen and oxygen atoms in total. The Morgan fingerprint density at radius 1 is 1.10 bits per heavy atom. The summed E-state index contributed by atoms with van der Waals surface area (Å²) in [5.41, 5.74) is 5.24. The average molecular weight is 415 g/mol. The van der Waals surface area contributed by atoms with Gasteiger partial charge in [-0.25, -0.2) is 0 Å². The third-order valence-electron chi connectivity index (χ3n) is 6.80. The van der Waals surface area contributed by atoms with Gasteiger partial charge in [-0.05, 0) is 60.9 Å². The van der Waals surface area contributed by atoms with Gasteiger partial charge in [-0.2, -0.15) is 5.10 Å². The number of rotatable bonds is 3. The van der Waals surface area contributed by atoms with Crippen molar-refractivity contribution in [3.05, 3.63) is 48.4 Å². The normalized spacial score (nSPS) is 24.4. The van der Waals surface area contributed by atoms with Crippen molar-refractivity contribution < 1.29 is 9.84 Å². The summed E-state index contributed by atoms with van der Waals surface area (Å²) >= 11 is 0. The third-order valence-corrected chi connectivity index (χ3v) is 6.80. The number of allylic oxidation sites excluding steroid dienone is 1. The highest BCUT2D eigenvalue weighted by Crippen LogP contribution is 2.43. The molecule has 2 saturated heterocycles. The van der Waals surface area contributed by atoms with E-state index in [4.69, 9.17) is 4.74 Å². The van der Waals surface area contributed by atoms with Gasteiger partial charge in [-0.15, -0.1) is 10.2 Å². The molecule has 1 aromatic carbocycles. The first-order chi connectivity index (χ1) is 15.1. The van der Waals surface area contributed by atoms with E-state index in [1.165, 1.54) is 18.4 Å². The second-order valence-electron chi connectivity index (χ2n) is 8.85. The Balaban J connectivity index is 1.30. The minimum Gasteiger partial charge on any atom is -0.507 e. The summed E-state index contributed by atoms with van der Waals surface area (Å²) in [5, 5.41) is 27.6. The van der Waals surface area contributed by atoms with E-state index in [0.29, 0.717) is 35.9 Å². The van der Waals surface area contributed by atoms with Crippen LogP contribution in [0.5, 0.6) is 11.5 Å². The van der Waals surface area contributed by atoms with Crippen molar-refractivity contribution in [3.63, 3.8) is 0 Å². The second kappa shape index (κ2) is 7.20. The molecule has 7 heteroatoms. The fourth-order valence-electron chi connectivity index (χ4n) is 5.30. The first-order valence-electron chi connectivity index (χ1n) is 10.9. The van der Waals surface area contributed by atoms with Gasteiger partial charge >= 0.3 is 0 Å². The molecule has 2 fully saturated rings. The maximum atomic E-state index is 10.7. The molecule has 3 aromatic rings. The number of aromatic nitrogens is 4. The van der Waals surface area contributed by atoms with Crippen molar-refractivity contribution in [1.82, 2.24) is 25.3 Å². The van der Waals surface area contributed by atoms with Gasteiger partial charge in [0.15, 0.2) is 0 Å². The minimum absolute atomic E-state index is 0.164. The molecule has 2 bridgehead atoms. The molecule has 3 aliphatic rings. The first-order valence-corrected chi connectivity index (χ1v) is 10.9. The van der Waals surface area contributed by atoms with Crippen LogP contribution in [-0.2, 0) is 7.05 Å². The summed E-state index contributed by atoms with van der Waals surface area (Å²) in [6.45, 7) is 0.554. The lowest BCUT2D eigenvalue weighted by molar-refractivity contribution is 0.331. The number of ether oxygens (including phenoxy) is 1. The molecule has 2 aromatic heterocycles. The van der Waals surface area contributed by atoms with E-state index in [1.54, 1.807) is 16.9 Å². The van der Waals surface area contributed by atoms with Crippen molar-refractivity contribution in [1.29, 1.82) is 0 Å². The zero-order valence-corrected chi connectivity index (χ0v) is 17.5. The number of nitrogens with zero attached hydrogens (tertiary/aromatic N) is 4. The van der Waals surface area contributed by atoms with E-state index in [0.717, 1.165) is 35.4 Å². The van der Waals surface area contributed by atoms with Gasteiger partial charge in [0.05, 0.1) is 6.20 Å². The van der Waals surface area contributed by atoms with E-state index in [1.807, 2.05) is 31.4 Å². The zero-order valence-electron chi connectivity index (χ0n) is 17.5. The van der Waals surface area contributed by atoms with Crippen molar-refractivity contribution in [3.8, 4) is 33.9 Å². The van der Waals surface area contributed by atoms with E-state index in [2.05, 4.69) is 26.7 Å². The second-order valence-corrected chi connectivity index (χ2v) is 8.85. The van der Waals surface area contributed by atoms with Crippen LogP contribution in [0.2, 0.25) is 0 Å². The first kappa shape index (κ1) is 18.6. The van der Waals surface area contributed by atoms with Gasteiger partial charge in [-0.3, -0.25) is 4.68 Å². The lowest BCUT2D eigenvalue weighted by Gasteiger charge is -2.32. The topological polar surface area (TPSA) is 85.1 Å². The Labute approximate surface area is 180 Å². The molecule has 158 valence electrons. The number of benzene rings is 1. The van der Waals surface area contributed by atoms with E-state index in [9.17, 15) is 5.11 Å². The molecule has 3 aliphatic heterocycles. The van der Waals surface area contributed by atoms with Crippen LogP contribution < -0.4 is 10.1 Å². The number of hydrogen-bond acceptors (Lipinski definition) is 6. The maximum absolute atomic E-state index is 10.7. The number of aromatic hydroxyl groups is 1. The molecule has 0 amide bonds. The minimum atomic E-state index is 0.164. The number of fused-ring (bicyclic) bond motifs is 3. The predicted octanol–water partition coefficient (Wildman–Crippen LogP) is 3.56. The summed E-state index contributed by atoms with van der Waals surface area (Å²) in [4.78, 5) is 0. The Morgan fingerprint density at radius 3 is 2.68 bits per heavy atom. The zero-order chi connectivity index (χ0) is 20.9. The largest absolute Gasteiger partial charge is 0.507 e. The van der Waals surface area contributed by atoms with Crippen molar-refractivity contribution in [2.45, 2.75) is 37.8 Å². The Hall–Kier alpha value is -3.19. The molecule has 5 heterocycles. The van der Waals surface area contributed by atoms with Crippen molar-refractivity contribution in [2.24, 2.45) is 13.0 Å². The molecule has 0 radical (unpaired) electrons. The number of phenols is 1. The summed E-state index contributed by atoms with van der Waals surface area (Å²) < 4.78 is 7.67. The van der Waals surface area contributed by atoms with Gasteiger partial charge in [0, 0.05) is 42.5 Å². The number of piperidine rings is 1. The number of phenolic OH excluding ortho intramolecular Hbond substituents is 1. The Bertz CT molecular complexity index is 1170. The van der Waals surface area contributed by atoms with Crippen LogP contribution in [0.3, 0.4) is 0 Å². The van der Waals surface area contributed by atoms with Crippen LogP contribution in [0.15, 0.2) is 42.7 Å². The standard InChI is InChI=1S/C24H25N5O2/c1-29-13-16(12-25-29)14-2-5-20(22(30)10-14)21-11-23-24(28-27-21)19(6-7-31-23)15-8-17-3-4-18(9-15)26-17/h2,5-6,10-13,15,17-18,26,30H,3-4,7-9H2,1H3. The van der Waals surface area contributed by atoms with Gasteiger partial charge in [0.25, 0.3) is 0 Å². The smallest absolute Gasteiger partial charge is 0.149 e. The molecule has 2 N–H and O–H groups in total. The highest BCUT2D eigenvalue weighted by atomic mass is 16.5. The highest BCUT2D eigenvalue weighted by Gasteiger charge is 2.37. The lowest BCUT2D eigenvalue weighted by Crippen LogP contribution is -2.38. The predicted molar refractivity (Wildman–Crippen MR) is 117 cm³/mol. The van der Waals surface area contributed by atoms with Crippen LogP contribution >= 0.6 is 0 Å². The quantitative estimate of drug-likeness (QED) is 0.680. The third kappa shape index (κ3) is 3.29. The van der Waals surface area contributed by atoms with Gasteiger partial charge in [0.2, 0.25) is 0 Å². The van der Waals surface area contributed by atoms with Gasteiger partial charge < -0.3 is 15.2 Å². The molecule has 2 unspecified atom stereocenters. The highest BCUT2D eigenvalue weighted by molar-refractivity contribution is 5.77. The van der Waals surface area contributed by atoms with E-state index in [-0.39, 0.29) is 5.75 Å². The Morgan fingerprint density at radius 2 is 1.94 bits per heavy atom. The average Bonchev–Trinajstić information content (AvgIpc) is 3.37. The van der Waals surface area contributed by atoms with Crippen LogP contribution in [0, 0.1) is 5.92 Å². The summed E-state index contributed by atoms with van der Waals surface area (Å²) in [7, 11) is 1.87. The molecule has 0 saturated carbocycles. The number of nitrogens with one attached hydrogen (secondary N) is 1. The number of aryl methyl sites for hydroxylation is 1. The fraction of sp³-hybridized carbons (Fsp3) is 0.375. The molecule has 6 rings (SSSR count). The molecule has 2 atom stereocenters. The van der Waals surface area contributed by atoms with Gasteiger partial charge in [0.1, 0.15) is 29.5 Å². The monoisotopic (exact) mass is 415 g/mol. The lowest BCUT2D eigenvalue weighted by atomic mass is 9.83. The van der Waals surface area contributed by atoms with Crippen molar-refractivity contribution in [2.75, 3.05) is 6.61 Å². The SMILES string of the molecule is Cn1cc(-c2ccc(-c3cc4c(nn3)C(C3CC5CCC(C3)N5)=CCO4)c(O)c2)cn1. The van der Waals surface area contributed by atoms with E-state index >= 15 is 0 Å². The van der Waals surface area contributed by atoms with Crippen molar-refractivity contribution >= 4 is 5.57 Å². The van der Waals surface area contributed by atoms with Gasteiger partial charge in [-0.1, -0.05) is 6.07 Å². The van der Waals surface area contributed by atoms with Crippen LogP contribution in [0.4, 0.5) is 0 Å². The number of hydrogen-bond donors (Lipinski definition) is 2. The fourth-order valence-corrected chi connectivity index (χ4v) is 5.30. The summed E-state index contributed by atoms with van der Waals surface area (Å²) in [6.07, 6.45) is 10.7. The van der Waals surface area contributed by atoms with Crippen LogP contribution in [-0.4, -0.2) is 43.8 Å². The summed E-state index contributed by atoms with van der Waals surface area (Å²) in [6, 6.07) is 8.73. The molecule has 0 aliphatic carbocycles. The van der Waals surface area contributed by atoms with Crippen LogP contribution in [0.25, 0.3) is 28.0 Å². The van der Waals surface area contributed by atoms with Crippen LogP contribution in [0.1, 0.15) is 31.4 Å². The Kier molecular flexibility index (Phi) is 4.31. The molecule has 31 heavy (non-hydrogen) atoms.